The van der Waals surface area contributed by atoms with E-state index >= 15 is 0 Å². The molecule has 2 unspecified atom stereocenters. The maximum absolute atomic E-state index is 12.7. The van der Waals surface area contributed by atoms with Gasteiger partial charge in [0.15, 0.2) is 0 Å². The lowest BCUT2D eigenvalue weighted by atomic mass is 10.2. The molecule has 2 aromatic carbocycles. The van der Waals surface area contributed by atoms with Crippen LogP contribution in [0.3, 0.4) is 0 Å². The van der Waals surface area contributed by atoms with Crippen LogP contribution in [0, 0.1) is 13.8 Å². The van der Waals surface area contributed by atoms with Gasteiger partial charge in [-0.2, -0.15) is 0 Å². The smallest absolute Gasteiger partial charge is 0.243 e. The normalized spacial score (nSPS) is 13.4. The Morgan fingerprint density at radius 3 is 2.31 bits per heavy atom. The molecule has 0 saturated carbocycles. The summed E-state index contributed by atoms with van der Waals surface area (Å²) >= 11 is 6.15. The molecule has 0 saturated heterocycles. The number of amides is 1. The molecule has 0 spiro atoms. The topological polar surface area (TPSA) is 75.7 Å². The zero-order chi connectivity index (χ0) is 21.8. The summed E-state index contributed by atoms with van der Waals surface area (Å²) in [6.45, 7) is 7.41. The lowest BCUT2D eigenvalue weighted by molar-refractivity contribution is -0.122. The second-order valence-corrected chi connectivity index (χ2v) is 9.47. The van der Waals surface area contributed by atoms with Crippen molar-refractivity contribution < 1.29 is 17.9 Å². The van der Waals surface area contributed by atoms with Gasteiger partial charge in [0.2, 0.25) is 15.9 Å². The summed E-state index contributed by atoms with van der Waals surface area (Å²) in [4.78, 5) is 12.7. The SMILES string of the molecule is Cc1ccc(OCC(C)NC(=O)C(C)N(c2ccc(C)c(Cl)c2)S(C)(=O)=O)cc1. The molecule has 6 nitrogen and oxygen atoms in total. The van der Waals surface area contributed by atoms with Crippen LogP contribution in [0.25, 0.3) is 0 Å². The Labute approximate surface area is 177 Å². The van der Waals surface area contributed by atoms with Gasteiger partial charge in [0.1, 0.15) is 18.4 Å². The highest BCUT2D eigenvalue weighted by Crippen LogP contribution is 2.26. The zero-order valence-corrected chi connectivity index (χ0v) is 18.8. The highest BCUT2D eigenvalue weighted by atomic mass is 35.5. The molecule has 2 aromatic rings. The number of carbonyl (C=O) groups is 1. The Kier molecular flexibility index (Phi) is 7.54. The Bertz CT molecular complexity index is 961. The van der Waals surface area contributed by atoms with Gasteiger partial charge >= 0.3 is 0 Å². The van der Waals surface area contributed by atoms with E-state index in [9.17, 15) is 13.2 Å². The van der Waals surface area contributed by atoms with Gasteiger partial charge in [0.25, 0.3) is 0 Å². The lowest BCUT2D eigenvalue weighted by Gasteiger charge is -2.29. The molecule has 2 rings (SSSR count). The predicted molar refractivity (Wildman–Crippen MR) is 117 cm³/mol. The number of aryl methyl sites for hydroxylation is 2. The van der Waals surface area contributed by atoms with Crippen molar-refractivity contribution in [3.8, 4) is 5.75 Å². The standard InChI is InChI=1S/C21H27ClN2O4S/c1-14-6-10-19(11-7-14)28-13-16(3)23-21(25)17(4)24(29(5,26)27)18-9-8-15(2)20(22)12-18/h6-12,16-17H,13H2,1-5H3,(H,23,25). The second kappa shape index (κ2) is 9.50. The summed E-state index contributed by atoms with van der Waals surface area (Å²) in [5, 5.41) is 3.24. The fourth-order valence-corrected chi connectivity index (χ4v) is 4.13. The average molecular weight is 439 g/mol. The molecule has 0 heterocycles. The van der Waals surface area contributed by atoms with Gasteiger partial charge < -0.3 is 10.1 Å². The van der Waals surface area contributed by atoms with E-state index in [1.165, 1.54) is 6.92 Å². The number of carbonyl (C=O) groups excluding carboxylic acids is 1. The summed E-state index contributed by atoms with van der Waals surface area (Å²) in [7, 11) is -3.70. The minimum Gasteiger partial charge on any atom is -0.491 e. The van der Waals surface area contributed by atoms with E-state index in [1.807, 2.05) is 38.1 Å². The van der Waals surface area contributed by atoms with Crippen LogP contribution < -0.4 is 14.4 Å². The molecule has 8 heteroatoms. The van der Waals surface area contributed by atoms with Gasteiger partial charge in [-0.05, 0) is 57.5 Å². The molecule has 29 heavy (non-hydrogen) atoms. The molecular formula is C21H27ClN2O4S. The third kappa shape index (κ3) is 6.37. The summed E-state index contributed by atoms with van der Waals surface area (Å²) in [6, 6.07) is 11.2. The number of benzene rings is 2. The molecule has 158 valence electrons. The van der Waals surface area contributed by atoms with Crippen LogP contribution in [0.5, 0.6) is 5.75 Å². The number of nitrogens with zero attached hydrogens (tertiary/aromatic N) is 1. The Balaban J connectivity index is 2.08. The predicted octanol–water partition coefficient (Wildman–Crippen LogP) is 3.70. The molecule has 0 aliphatic heterocycles. The summed E-state index contributed by atoms with van der Waals surface area (Å²) < 4.78 is 31.5. The van der Waals surface area contributed by atoms with Gasteiger partial charge in [-0.25, -0.2) is 8.42 Å². The molecule has 1 N–H and O–H groups in total. The maximum atomic E-state index is 12.7. The van der Waals surface area contributed by atoms with Crippen molar-refractivity contribution >= 4 is 33.2 Å². The number of ether oxygens (including phenoxy) is 1. The van der Waals surface area contributed by atoms with Crippen LogP contribution in [-0.4, -0.2) is 39.3 Å². The highest BCUT2D eigenvalue weighted by molar-refractivity contribution is 7.92. The number of sulfonamides is 1. The molecule has 0 aromatic heterocycles. The number of rotatable bonds is 8. The zero-order valence-electron chi connectivity index (χ0n) is 17.3. The van der Waals surface area contributed by atoms with Crippen molar-refractivity contribution in [3.05, 3.63) is 58.6 Å². The van der Waals surface area contributed by atoms with Crippen molar-refractivity contribution in [2.75, 3.05) is 17.2 Å². The third-order valence-corrected chi connectivity index (χ3v) is 6.06. The molecule has 2 atom stereocenters. The average Bonchev–Trinajstić information content (AvgIpc) is 2.63. The minimum atomic E-state index is -3.70. The molecule has 0 bridgehead atoms. The molecule has 0 fully saturated rings. The Morgan fingerprint density at radius 1 is 1.14 bits per heavy atom. The molecule has 1 amide bonds. The molecule has 0 aliphatic carbocycles. The van der Waals surface area contributed by atoms with Gasteiger partial charge in [0, 0.05) is 5.02 Å². The van der Waals surface area contributed by atoms with Crippen molar-refractivity contribution in [2.45, 2.75) is 39.8 Å². The van der Waals surface area contributed by atoms with Crippen molar-refractivity contribution in [2.24, 2.45) is 0 Å². The second-order valence-electron chi connectivity index (χ2n) is 7.20. The van der Waals surface area contributed by atoms with Crippen molar-refractivity contribution in [1.82, 2.24) is 5.32 Å². The number of hydrogen-bond donors (Lipinski definition) is 1. The Hall–Kier alpha value is -2.25. The van der Waals surface area contributed by atoms with Crippen molar-refractivity contribution in [3.63, 3.8) is 0 Å². The monoisotopic (exact) mass is 438 g/mol. The highest BCUT2D eigenvalue weighted by Gasteiger charge is 2.30. The molecule has 0 radical (unpaired) electrons. The third-order valence-electron chi connectivity index (χ3n) is 4.41. The van der Waals surface area contributed by atoms with Gasteiger partial charge in [-0.15, -0.1) is 0 Å². The van der Waals surface area contributed by atoms with E-state index in [0.29, 0.717) is 16.5 Å². The Morgan fingerprint density at radius 2 is 1.76 bits per heavy atom. The number of hydrogen-bond acceptors (Lipinski definition) is 4. The first kappa shape index (κ1) is 23.0. The minimum absolute atomic E-state index is 0.261. The first-order chi connectivity index (χ1) is 13.5. The first-order valence-corrected chi connectivity index (χ1v) is 11.5. The van der Waals surface area contributed by atoms with Crippen LogP contribution in [0.15, 0.2) is 42.5 Å². The van der Waals surface area contributed by atoms with Crippen LogP contribution >= 0.6 is 11.6 Å². The van der Waals surface area contributed by atoms with Gasteiger partial charge in [-0.1, -0.05) is 35.4 Å². The van der Waals surface area contributed by atoms with Crippen LogP contribution in [0.4, 0.5) is 5.69 Å². The van der Waals surface area contributed by atoms with Crippen molar-refractivity contribution in [1.29, 1.82) is 0 Å². The molecule has 0 aliphatic rings. The van der Waals surface area contributed by atoms with Gasteiger partial charge in [-0.3, -0.25) is 9.10 Å². The van der Waals surface area contributed by atoms with Crippen LogP contribution in [0.1, 0.15) is 25.0 Å². The fraction of sp³-hybridized carbons (Fsp3) is 0.381. The fourth-order valence-electron chi connectivity index (χ4n) is 2.79. The van der Waals surface area contributed by atoms with Crippen LogP contribution in [0.2, 0.25) is 5.02 Å². The van der Waals surface area contributed by atoms with E-state index in [1.54, 1.807) is 25.1 Å². The summed E-state index contributed by atoms with van der Waals surface area (Å²) in [6.07, 6.45) is 1.06. The van der Waals surface area contributed by atoms with Crippen LogP contribution in [-0.2, 0) is 14.8 Å². The summed E-state index contributed by atoms with van der Waals surface area (Å²) in [5.41, 5.74) is 2.29. The first-order valence-electron chi connectivity index (χ1n) is 9.24. The molecular weight excluding hydrogens is 412 g/mol. The van der Waals surface area contributed by atoms with E-state index in [2.05, 4.69) is 5.32 Å². The van der Waals surface area contributed by atoms with E-state index in [-0.39, 0.29) is 12.6 Å². The van der Waals surface area contributed by atoms with E-state index in [0.717, 1.165) is 21.7 Å². The lowest BCUT2D eigenvalue weighted by Crippen LogP contribution is -2.50. The summed E-state index contributed by atoms with van der Waals surface area (Å²) in [5.74, 6) is 0.281. The van der Waals surface area contributed by atoms with E-state index < -0.39 is 22.0 Å². The number of anilines is 1. The largest absolute Gasteiger partial charge is 0.491 e. The van der Waals surface area contributed by atoms with Gasteiger partial charge in [0.05, 0.1) is 18.0 Å². The van der Waals surface area contributed by atoms with E-state index in [4.69, 9.17) is 16.3 Å². The maximum Gasteiger partial charge on any atom is 0.243 e. The quantitative estimate of drug-likeness (QED) is 0.681. The number of nitrogens with one attached hydrogen (secondary N) is 1. The number of halogens is 1.